The highest BCUT2D eigenvalue weighted by Gasteiger charge is 2.22. The molecule has 1 aromatic rings. The van der Waals surface area contributed by atoms with Crippen LogP contribution in [0.3, 0.4) is 0 Å². The van der Waals surface area contributed by atoms with Gasteiger partial charge in [0.2, 0.25) is 11.8 Å². The second kappa shape index (κ2) is 7.69. The quantitative estimate of drug-likeness (QED) is 0.870. The van der Waals surface area contributed by atoms with Crippen LogP contribution in [0.1, 0.15) is 43.7 Å². The zero-order valence-electron chi connectivity index (χ0n) is 14.3. The van der Waals surface area contributed by atoms with Gasteiger partial charge < -0.3 is 15.0 Å². The zero-order chi connectivity index (χ0) is 16.9. The molecule has 2 amide bonds. The first-order valence-electron chi connectivity index (χ1n) is 8.94. The Morgan fingerprint density at radius 2 is 2.17 bits per heavy atom. The summed E-state index contributed by atoms with van der Waals surface area (Å²) in [6, 6.07) is 6.06. The number of nitrogens with one attached hydrogen (secondary N) is 1. The van der Waals surface area contributed by atoms with Crippen molar-refractivity contribution in [3.63, 3.8) is 0 Å². The Hall–Kier alpha value is -2.04. The van der Waals surface area contributed by atoms with Crippen LogP contribution in [0, 0.1) is 5.92 Å². The summed E-state index contributed by atoms with van der Waals surface area (Å²) in [5, 5.41) is 3.00. The molecule has 0 spiro atoms. The largest absolute Gasteiger partial charge is 0.491 e. The average Bonchev–Trinajstić information content (AvgIpc) is 3.43. The summed E-state index contributed by atoms with van der Waals surface area (Å²) < 4.78 is 5.75. The lowest BCUT2D eigenvalue weighted by Gasteiger charge is -2.19. The number of fused-ring (bicyclic) bond motifs is 1. The van der Waals surface area contributed by atoms with Crippen LogP contribution in [0.15, 0.2) is 18.2 Å². The number of ether oxygens (including phenoxy) is 1. The van der Waals surface area contributed by atoms with Crippen LogP contribution in [0.5, 0.6) is 5.75 Å². The lowest BCUT2D eigenvalue weighted by Crippen LogP contribution is -2.31. The summed E-state index contributed by atoms with van der Waals surface area (Å²) in [5.74, 6) is 1.83. The van der Waals surface area contributed by atoms with Crippen LogP contribution < -0.4 is 10.1 Å². The monoisotopic (exact) mass is 330 g/mol. The predicted molar refractivity (Wildman–Crippen MR) is 91.7 cm³/mol. The summed E-state index contributed by atoms with van der Waals surface area (Å²) in [6.07, 6.45) is 4.22. The smallest absolute Gasteiger partial charge is 0.222 e. The van der Waals surface area contributed by atoms with Crippen LogP contribution >= 0.6 is 0 Å². The van der Waals surface area contributed by atoms with E-state index in [-0.39, 0.29) is 11.8 Å². The van der Waals surface area contributed by atoms with Gasteiger partial charge in [0.25, 0.3) is 0 Å². The Balaban J connectivity index is 1.58. The van der Waals surface area contributed by atoms with Crippen molar-refractivity contribution in [1.82, 2.24) is 10.2 Å². The maximum atomic E-state index is 12.0. The van der Waals surface area contributed by atoms with Gasteiger partial charge in [-0.15, -0.1) is 0 Å². The normalized spacial score (nSPS) is 16.8. The highest BCUT2D eigenvalue weighted by Crippen LogP contribution is 2.28. The number of carbonyl (C=O) groups excluding carboxylic acids is 2. The number of rotatable bonds is 6. The first kappa shape index (κ1) is 16.8. The molecule has 0 bridgehead atoms. The van der Waals surface area contributed by atoms with Crippen LogP contribution in [0.2, 0.25) is 0 Å². The lowest BCUT2D eigenvalue weighted by atomic mass is 10.0. The van der Waals surface area contributed by atoms with Gasteiger partial charge in [0, 0.05) is 31.5 Å². The van der Waals surface area contributed by atoms with Gasteiger partial charge in [-0.25, -0.2) is 0 Å². The number of aryl methyl sites for hydroxylation is 1. The topological polar surface area (TPSA) is 58.6 Å². The Labute approximate surface area is 143 Å². The molecule has 0 aromatic heterocycles. The molecule has 24 heavy (non-hydrogen) atoms. The van der Waals surface area contributed by atoms with Gasteiger partial charge in [-0.2, -0.15) is 0 Å². The maximum absolute atomic E-state index is 12.0. The van der Waals surface area contributed by atoms with Gasteiger partial charge in [0.1, 0.15) is 12.4 Å². The Morgan fingerprint density at radius 1 is 1.33 bits per heavy atom. The first-order valence-corrected chi connectivity index (χ1v) is 8.94. The molecule has 1 aliphatic heterocycles. The molecule has 0 atom stereocenters. The molecule has 2 aliphatic rings. The van der Waals surface area contributed by atoms with E-state index in [1.807, 2.05) is 24.0 Å². The molecule has 130 valence electrons. The third-order valence-electron chi connectivity index (χ3n) is 4.69. The Morgan fingerprint density at radius 3 is 2.92 bits per heavy atom. The summed E-state index contributed by atoms with van der Waals surface area (Å²) in [5.41, 5.74) is 2.15. The Kier molecular flexibility index (Phi) is 5.38. The molecule has 5 heteroatoms. The van der Waals surface area contributed by atoms with Crippen molar-refractivity contribution in [2.45, 2.75) is 45.6 Å². The molecule has 1 saturated carbocycles. The third kappa shape index (κ3) is 4.49. The fourth-order valence-electron chi connectivity index (χ4n) is 2.97. The molecule has 1 N–H and O–H groups in total. The van der Waals surface area contributed by atoms with Crippen molar-refractivity contribution in [2.75, 3.05) is 19.7 Å². The van der Waals surface area contributed by atoms with E-state index in [2.05, 4.69) is 11.4 Å². The van der Waals surface area contributed by atoms with Crippen LogP contribution in [-0.2, 0) is 22.6 Å². The Bertz CT molecular complexity index is 611. The van der Waals surface area contributed by atoms with Gasteiger partial charge in [-0.1, -0.05) is 19.1 Å². The highest BCUT2D eigenvalue weighted by atomic mass is 16.5. The first-order chi connectivity index (χ1) is 11.7. The van der Waals surface area contributed by atoms with Crippen molar-refractivity contribution < 1.29 is 14.3 Å². The molecule has 1 fully saturated rings. The van der Waals surface area contributed by atoms with E-state index in [9.17, 15) is 9.59 Å². The summed E-state index contributed by atoms with van der Waals surface area (Å²) in [6.45, 7) is 4.45. The van der Waals surface area contributed by atoms with E-state index in [0.29, 0.717) is 44.9 Å². The van der Waals surface area contributed by atoms with Gasteiger partial charge in [-0.3, -0.25) is 9.59 Å². The number of hydrogen-bond acceptors (Lipinski definition) is 3. The van der Waals surface area contributed by atoms with E-state index in [4.69, 9.17) is 4.74 Å². The minimum absolute atomic E-state index is 0.121. The summed E-state index contributed by atoms with van der Waals surface area (Å²) in [4.78, 5) is 25.7. The predicted octanol–water partition coefficient (Wildman–Crippen LogP) is 2.28. The molecule has 0 unspecified atom stereocenters. The van der Waals surface area contributed by atoms with Crippen LogP contribution in [-0.4, -0.2) is 36.4 Å². The lowest BCUT2D eigenvalue weighted by molar-refractivity contribution is -0.131. The fourth-order valence-corrected chi connectivity index (χ4v) is 2.97. The molecule has 1 aromatic carbocycles. The van der Waals surface area contributed by atoms with Crippen molar-refractivity contribution in [2.24, 2.45) is 5.92 Å². The molecule has 3 rings (SSSR count). The van der Waals surface area contributed by atoms with E-state index in [0.717, 1.165) is 23.4 Å². The van der Waals surface area contributed by atoms with Crippen LogP contribution in [0.25, 0.3) is 0 Å². The molecular weight excluding hydrogens is 304 g/mol. The second-order valence-electron chi connectivity index (χ2n) is 6.71. The summed E-state index contributed by atoms with van der Waals surface area (Å²) >= 11 is 0. The average molecular weight is 330 g/mol. The third-order valence-corrected chi connectivity index (χ3v) is 4.69. The molecule has 5 nitrogen and oxygen atoms in total. The van der Waals surface area contributed by atoms with E-state index < -0.39 is 0 Å². The van der Waals surface area contributed by atoms with E-state index >= 15 is 0 Å². The van der Waals surface area contributed by atoms with Crippen molar-refractivity contribution in [1.29, 1.82) is 0 Å². The van der Waals surface area contributed by atoms with Gasteiger partial charge in [-0.05, 0) is 36.8 Å². The van der Waals surface area contributed by atoms with Crippen molar-refractivity contribution in [3.8, 4) is 5.75 Å². The minimum Gasteiger partial charge on any atom is -0.491 e. The number of hydrogen-bond donors (Lipinski definition) is 1. The highest BCUT2D eigenvalue weighted by molar-refractivity contribution is 5.76. The number of amides is 2. The number of nitrogens with zero attached hydrogens (tertiary/aromatic N) is 1. The maximum Gasteiger partial charge on any atom is 0.222 e. The zero-order valence-corrected chi connectivity index (χ0v) is 14.3. The van der Waals surface area contributed by atoms with Gasteiger partial charge in [0.05, 0.1) is 6.54 Å². The number of carbonyl (C=O) groups is 2. The van der Waals surface area contributed by atoms with Crippen LogP contribution in [0.4, 0.5) is 0 Å². The van der Waals surface area contributed by atoms with E-state index in [1.54, 1.807) is 0 Å². The standard InChI is InChI=1S/C19H26N2O3/c1-2-19(23)21-9-10-24-17-7-5-14(11-16(17)13-21)6-8-18(22)20-12-15-3-4-15/h5,7,11,15H,2-4,6,8-10,12-13H2,1H3,(H,20,22). The SMILES string of the molecule is CCC(=O)N1CCOc2ccc(CCC(=O)NCC3CC3)cc2C1. The second-order valence-corrected chi connectivity index (χ2v) is 6.71. The van der Waals surface area contributed by atoms with E-state index in [1.165, 1.54) is 12.8 Å². The van der Waals surface area contributed by atoms with Gasteiger partial charge in [0.15, 0.2) is 0 Å². The van der Waals surface area contributed by atoms with Crippen molar-refractivity contribution in [3.05, 3.63) is 29.3 Å². The molecule has 0 saturated heterocycles. The number of benzene rings is 1. The van der Waals surface area contributed by atoms with Crippen molar-refractivity contribution >= 4 is 11.8 Å². The summed E-state index contributed by atoms with van der Waals surface area (Å²) in [7, 11) is 0. The molecule has 1 aliphatic carbocycles. The minimum atomic E-state index is 0.121. The fraction of sp³-hybridized carbons (Fsp3) is 0.579. The van der Waals surface area contributed by atoms with Gasteiger partial charge >= 0.3 is 0 Å². The molecule has 0 radical (unpaired) electrons. The molecule has 1 heterocycles. The molecular formula is C19H26N2O3.